The summed E-state index contributed by atoms with van der Waals surface area (Å²) in [5.41, 5.74) is 16.0. The molecule has 0 radical (unpaired) electrons. The molecule has 0 unspecified atom stereocenters. The molecule has 1 saturated carbocycles. The normalized spacial score (nSPS) is 21.5. The molecule has 3 rings (SSSR count). The topological polar surface area (TPSA) is 55.3 Å². The average Bonchev–Trinajstić information content (AvgIpc) is 3.05. The van der Waals surface area contributed by atoms with E-state index in [2.05, 4.69) is 17.0 Å². The summed E-state index contributed by atoms with van der Waals surface area (Å²) in [6, 6.07) is 5.01. The van der Waals surface area contributed by atoms with Crippen LogP contribution in [0.4, 0.5) is 11.4 Å². The van der Waals surface area contributed by atoms with Crippen LogP contribution in [0.2, 0.25) is 0 Å². The third kappa shape index (κ3) is 1.76. The van der Waals surface area contributed by atoms with Crippen molar-refractivity contribution in [2.45, 2.75) is 31.7 Å². The van der Waals surface area contributed by atoms with Crippen LogP contribution in [-0.2, 0) is 12.8 Å². The SMILES string of the molecule is Nc1cc2c(cc1N)CCN(C1CC1)CC2. The van der Waals surface area contributed by atoms with E-state index in [4.69, 9.17) is 11.5 Å². The van der Waals surface area contributed by atoms with Gasteiger partial charge in [-0.15, -0.1) is 0 Å². The lowest BCUT2D eigenvalue weighted by atomic mass is 10.0. The summed E-state index contributed by atoms with van der Waals surface area (Å²) in [4.78, 5) is 2.62. The molecule has 0 amide bonds. The van der Waals surface area contributed by atoms with Gasteiger partial charge in [0.2, 0.25) is 0 Å². The predicted octanol–water partition coefficient (Wildman–Crippen LogP) is 1.41. The lowest BCUT2D eigenvalue weighted by Gasteiger charge is -2.18. The van der Waals surface area contributed by atoms with E-state index >= 15 is 0 Å². The Labute approximate surface area is 96.4 Å². The molecule has 3 heteroatoms. The van der Waals surface area contributed by atoms with Crippen molar-refractivity contribution in [2.24, 2.45) is 0 Å². The van der Waals surface area contributed by atoms with E-state index in [9.17, 15) is 0 Å². The van der Waals surface area contributed by atoms with Crippen LogP contribution in [0.1, 0.15) is 24.0 Å². The van der Waals surface area contributed by atoms with Crippen LogP contribution >= 0.6 is 0 Å². The Morgan fingerprint density at radius 2 is 1.44 bits per heavy atom. The summed E-state index contributed by atoms with van der Waals surface area (Å²) in [5.74, 6) is 0. The number of rotatable bonds is 1. The third-order valence-electron chi connectivity index (χ3n) is 3.81. The molecule has 1 aliphatic carbocycles. The summed E-state index contributed by atoms with van der Waals surface area (Å²) in [6.07, 6.45) is 5.02. The molecule has 0 saturated heterocycles. The fourth-order valence-corrected chi connectivity index (χ4v) is 2.64. The lowest BCUT2D eigenvalue weighted by Crippen LogP contribution is -2.28. The van der Waals surface area contributed by atoms with Gasteiger partial charge >= 0.3 is 0 Å². The molecule has 0 bridgehead atoms. The van der Waals surface area contributed by atoms with Gasteiger partial charge in [0.25, 0.3) is 0 Å². The van der Waals surface area contributed by atoms with Gasteiger partial charge in [-0.3, -0.25) is 4.90 Å². The van der Waals surface area contributed by atoms with Gasteiger partial charge in [0.1, 0.15) is 0 Å². The summed E-state index contributed by atoms with van der Waals surface area (Å²) in [6.45, 7) is 2.36. The maximum absolute atomic E-state index is 5.86. The van der Waals surface area contributed by atoms with Crippen molar-refractivity contribution in [3.05, 3.63) is 23.3 Å². The number of nitrogen functional groups attached to an aromatic ring is 2. The minimum absolute atomic E-state index is 0.735. The van der Waals surface area contributed by atoms with Crippen LogP contribution in [0.5, 0.6) is 0 Å². The third-order valence-corrected chi connectivity index (χ3v) is 3.81. The second-order valence-electron chi connectivity index (χ2n) is 5.02. The molecule has 1 aromatic rings. The Morgan fingerprint density at radius 1 is 0.938 bits per heavy atom. The van der Waals surface area contributed by atoms with Crippen LogP contribution in [0.25, 0.3) is 0 Å². The smallest absolute Gasteiger partial charge is 0.0550 e. The molecule has 1 aromatic carbocycles. The first-order valence-electron chi connectivity index (χ1n) is 6.15. The van der Waals surface area contributed by atoms with Crippen molar-refractivity contribution < 1.29 is 0 Å². The van der Waals surface area contributed by atoms with Crippen LogP contribution in [0.15, 0.2) is 12.1 Å². The highest BCUT2D eigenvalue weighted by molar-refractivity contribution is 5.66. The largest absolute Gasteiger partial charge is 0.397 e. The van der Waals surface area contributed by atoms with Gasteiger partial charge in [-0.1, -0.05) is 0 Å². The Hall–Kier alpha value is -1.22. The number of hydrogen-bond donors (Lipinski definition) is 2. The number of fused-ring (bicyclic) bond motifs is 1. The molecule has 0 atom stereocenters. The zero-order chi connectivity index (χ0) is 11.1. The molecular formula is C13H19N3. The molecule has 0 spiro atoms. The van der Waals surface area contributed by atoms with Gasteiger partial charge in [0.15, 0.2) is 0 Å². The second-order valence-corrected chi connectivity index (χ2v) is 5.02. The molecule has 0 aromatic heterocycles. The summed E-state index contributed by atoms with van der Waals surface area (Å²) in [7, 11) is 0. The molecule has 4 N–H and O–H groups in total. The van der Waals surface area contributed by atoms with Gasteiger partial charge in [-0.25, -0.2) is 0 Å². The van der Waals surface area contributed by atoms with Crippen LogP contribution in [0.3, 0.4) is 0 Å². The zero-order valence-corrected chi connectivity index (χ0v) is 9.58. The molecule has 2 aliphatic rings. The lowest BCUT2D eigenvalue weighted by molar-refractivity contribution is 0.277. The Balaban J connectivity index is 1.85. The quantitative estimate of drug-likeness (QED) is 0.699. The predicted molar refractivity (Wildman–Crippen MR) is 67.3 cm³/mol. The Kier molecular flexibility index (Phi) is 2.28. The summed E-state index contributed by atoms with van der Waals surface area (Å²) < 4.78 is 0. The number of anilines is 2. The Morgan fingerprint density at radius 3 is 1.88 bits per heavy atom. The van der Waals surface area contributed by atoms with E-state index in [0.717, 1.165) is 30.3 Å². The van der Waals surface area contributed by atoms with Gasteiger partial charge < -0.3 is 11.5 Å². The molecule has 86 valence electrons. The summed E-state index contributed by atoms with van der Waals surface area (Å²) >= 11 is 0. The van der Waals surface area contributed by atoms with Crippen molar-refractivity contribution in [1.29, 1.82) is 0 Å². The average molecular weight is 217 g/mol. The van der Waals surface area contributed by atoms with E-state index in [1.165, 1.54) is 37.1 Å². The highest BCUT2D eigenvalue weighted by Crippen LogP contribution is 2.30. The summed E-state index contributed by atoms with van der Waals surface area (Å²) in [5, 5.41) is 0. The fraction of sp³-hybridized carbons (Fsp3) is 0.538. The minimum Gasteiger partial charge on any atom is -0.397 e. The number of nitrogens with zero attached hydrogens (tertiary/aromatic N) is 1. The number of nitrogens with two attached hydrogens (primary N) is 2. The molecule has 1 heterocycles. The zero-order valence-electron chi connectivity index (χ0n) is 9.58. The van der Waals surface area contributed by atoms with Crippen LogP contribution in [0, 0.1) is 0 Å². The van der Waals surface area contributed by atoms with E-state index in [-0.39, 0.29) is 0 Å². The molecule has 1 aliphatic heterocycles. The van der Waals surface area contributed by atoms with Gasteiger partial charge in [-0.2, -0.15) is 0 Å². The maximum atomic E-state index is 5.86. The fourth-order valence-electron chi connectivity index (χ4n) is 2.64. The van der Waals surface area contributed by atoms with Gasteiger partial charge in [-0.05, 0) is 48.9 Å². The van der Waals surface area contributed by atoms with Gasteiger partial charge in [0.05, 0.1) is 11.4 Å². The van der Waals surface area contributed by atoms with Crippen molar-refractivity contribution in [3.8, 4) is 0 Å². The molecule has 16 heavy (non-hydrogen) atoms. The molecule has 3 nitrogen and oxygen atoms in total. The second kappa shape index (κ2) is 3.67. The molecule has 1 fully saturated rings. The first kappa shape index (κ1) is 9.97. The Bertz CT molecular complexity index is 377. The van der Waals surface area contributed by atoms with Crippen LogP contribution < -0.4 is 11.5 Å². The van der Waals surface area contributed by atoms with E-state index in [0.29, 0.717) is 0 Å². The maximum Gasteiger partial charge on any atom is 0.0550 e. The number of hydrogen-bond acceptors (Lipinski definition) is 3. The van der Waals surface area contributed by atoms with E-state index in [1.54, 1.807) is 0 Å². The van der Waals surface area contributed by atoms with Gasteiger partial charge in [0, 0.05) is 19.1 Å². The molecular weight excluding hydrogens is 198 g/mol. The highest BCUT2D eigenvalue weighted by Gasteiger charge is 2.29. The highest BCUT2D eigenvalue weighted by atomic mass is 15.2. The first-order chi connectivity index (χ1) is 7.74. The van der Waals surface area contributed by atoms with E-state index in [1.807, 2.05) is 0 Å². The van der Waals surface area contributed by atoms with Crippen molar-refractivity contribution in [3.63, 3.8) is 0 Å². The van der Waals surface area contributed by atoms with E-state index < -0.39 is 0 Å². The van der Waals surface area contributed by atoms with Crippen molar-refractivity contribution in [2.75, 3.05) is 24.6 Å². The minimum atomic E-state index is 0.735. The standard InChI is InChI=1S/C13H19N3/c14-12-7-9-3-5-16(11-1-2-11)6-4-10(9)8-13(12)15/h7-8,11H,1-6,14-15H2. The number of benzene rings is 1. The van der Waals surface area contributed by atoms with Crippen molar-refractivity contribution in [1.82, 2.24) is 4.90 Å². The first-order valence-corrected chi connectivity index (χ1v) is 6.15. The van der Waals surface area contributed by atoms with Crippen molar-refractivity contribution >= 4 is 11.4 Å². The monoisotopic (exact) mass is 217 g/mol. The van der Waals surface area contributed by atoms with Crippen LogP contribution in [-0.4, -0.2) is 24.0 Å².